The minimum atomic E-state index is -0.222. The number of nitriles is 1. The molecular formula is C19H16FN3S. The van der Waals surface area contributed by atoms with Crippen LogP contribution in [0.1, 0.15) is 22.5 Å². The quantitative estimate of drug-likeness (QED) is 0.643. The van der Waals surface area contributed by atoms with Crippen molar-refractivity contribution in [1.29, 1.82) is 5.26 Å². The standard InChI is InChI=1S/C19H16FN3S/c1-13-19(12-24-18-9-5-16(20)6-10-18)14(2)23(22-13)17-7-3-15(11-21)4-8-17/h3-10H,12H2,1-2H3. The third-order valence-corrected chi connectivity index (χ3v) is 4.92. The summed E-state index contributed by atoms with van der Waals surface area (Å²) in [5, 5.41) is 13.5. The lowest BCUT2D eigenvalue weighted by Crippen LogP contribution is -1.99. The van der Waals surface area contributed by atoms with Gasteiger partial charge in [-0.25, -0.2) is 9.07 Å². The maximum absolute atomic E-state index is 13.0. The van der Waals surface area contributed by atoms with E-state index in [2.05, 4.69) is 11.2 Å². The molecule has 0 spiro atoms. The highest BCUT2D eigenvalue weighted by atomic mass is 32.2. The monoisotopic (exact) mass is 337 g/mol. The van der Waals surface area contributed by atoms with E-state index >= 15 is 0 Å². The first-order valence-electron chi connectivity index (χ1n) is 7.52. The Hall–Kier alpha value is -2.58. The van der Waals surface area contributed by atoms with E-state index in [4.69, 9.17) is 5.26 Å². The average molecular weight is 337 g/mol. The first kappa shape index (κ1) is 16.3. The SMILES string of the molecule is Cc1nn(-c2ccc(C#N)cc2)c(C)c1CSc1ccc(F)cc1. The number of hydrogen-bond acceptors (Lipinski definition) is 3. The summed E-state index contributed by atoms with van der Waals surface area (Å²) in [4.78, 5) is 1.03. The van der Waals surface area contributed by atoms with Crippen LogP contribution in [0.2, 0.25) is 0 Å². The Kier molecular flexibility index (Phi) is 4.68. The van der Waals surface area contributed by atoms with Crippen molar-refractivity contribution in [2.45, 2.75) is 24.5 Å². The second-order valence-electron chi connectivity index (χ2n) is 5.46. The van der Waals surface area contributed by atoms with E-state index < -0.39 is 0 Å². The van der Waals surface area contributed by atoms with E-state index in [0.717, 1.165) is 27.7 Å². The zero-order valence-electron chi connectivity index (χ0n) is 13.5. The highest BCUT2D eigenvalue weighted by Gasteiger charge is 2.13. The van der Waals surface area contributed by atoms with Gasteiger partial charge in [-0.05, 0) is 62.4 Å². The third kappa shape index (κ3) is 3.34. The minimum absolute atomic E-state index is 0.222. The van der Waals surface area contributed by atoms with Gasteiger partial charge < -0.3 is 0 Å². The van der Waals surface area contributed by atoms with E-state index in [1.807, 2.05) is 30.7 Å². The van der Waals surface area contributed by atoms with Gasteiger partial charge in [0.1, 0.15) is 5.82 Å². The van der Waals surface area contributed by atoms with Crippen LogP contribution < -0.4 is 0 Å². The molecule has 0 radical (unpaired) electrons. The van der Waals surface area contributed by atoms with E-state index in [1.165, 1.54) is 17.7 Å². The van der Waals surface area contributed by atoms with Crippen LogP contribution in [0.3, 0.4) is 0 Å². The van der Waals surface area contributed by atoms with Gasteiger partial charge in [-0.2, -0.15) is 10.4 Å². The van der Waals surface area contributed by atoms with Crippen molar-refractivity contribution in [3.05, 3.63) is 76.9 Å². The molecular weight excluding hydrogens is 321 g/mol. The van der Waals surface area contributed by atoms with Gasteiger partial charge in [-0.3, -0.25) is 0 Å². The molecule has 0 N–H and O–H groups in total. The topological polar surface area (TPSA) is 41.6 Å². The molecule has 24 heavy (non-hydrogen) atoms. The van der Waals surface area contributed by atoms with Gasteiger partial charge in [-0.15, -0.1) is 11.8 Å². The Morgan fingerprint density at radius 2 is 1.75 bits per heavy atom. The van der Waals surface area contributed by atoms with Gasteiger partial charge in [0.2, 0.25) is 0 Å². The largest absolute Gasteiger partial charge is 0.238 e. The summed E-state index contributed by atoms with van der Waals surface area (Å²) < 4.78 is 14.9. The molecule has 0 aliphatic rings. The van der Waals surface area contributed by atoms with Crippen LogP contribution >= 0.6 is 11.8 Å². The molecule has 5 heteroatoms. The van der Waals surface area contributed by atoms with Crippen molar-refractivity contribution in [1.82, 2.24) is 9.78 Å². The number of hydrogen-bond donors (Lipinski definition) is 0. The molecule has 0 atom stereocenters. The molecule has 3 aromatic rings. The summed E-state index contributed by atoms with van der Waals surface area (Å²) in [5.74, 6) is 0.555. The Labute approximate surface area is 144 Å². The fourth-order valence-corrected chi connectivity index (χ4v) is 3.56. The van der Waals surface area contributed by atoms with Crippen LogP contribution in [-0.4, -0.2) is 9.78 Å². The summed E-state index contributed by atoms with van der Waals surface area (Å²) >= 11 is 1.66. The fraction of sp³-hybridized carbons (Fsp3) is 0.158. The molecule has 0 fully saturated rings. The van der Waals surface area contributed by atoms with Crippen molar-refractivity contribution < 1.29 is 4.39 Å². The molecule has 1 aromatic heterocycles. The van der Waals surface area contributed by atoms with Crippen molar-refractivity contribution in [3.8, 4) is 11.8 Å². The number of benzene rings is 2. The molecule has 0 aliphatic heterocycles. The van der Waals surface area contributed by atoms with Gasteiger partial charge in [0, 0.05) is 21.9 Å². The van der Waals surface area contributed by atoms with E-state index in [9.17, 15) is 4.39 Å². The summed E-state index contributed by atoms with van der Waals surface area (Å²) in [7, 11) is 0. The summed E-state index contributed by atoms with van der Waals surface area (Å²) in [6.07, 6.45) is 0. The average Bonchev–Trinajstić information content (AvgIpc) is 2.89. The number of aromatic nitrogens is 2. The molecule has 0 bridgehead atoms. The number of thioether (sulfide) groups is 1. The van der Waals surface area contributed by atoms with E-state index in [0.29, 0.717) is 5.56 Å². The summed E-state index contributed by atoms with van der Waals surface area (Å²) in [6.45, 7) is 4.03. The van der Waals surface area contributed by atoms with Gasteiger partial charge in [0.25, 0.3) is 0 Å². The molecule has 0 unspecified atom stereocenters. The highest BCUT2D eigenvalue weighted by Crippen LogP contribution is 2.27. The second-order valence-corrected chi connectivity index (χ2v) is 6.51. The zero-order valence-corrected chi connectivity index (χ0v) is 14.3. The van der Waals surface area contributed by atoms with Gasteiger partial charge >= 0.3 is 0 Å². The second kappa shape index (κ2) is 6.90. The lowest BCUT2D eigenvalue weighted by molar-refractivity contribution is 0.626. The molecule has 3 rings (SSSR count). The van der Waals surface area contributed by atoms with Crippen LogP contribution in [0.4, 0.5) is 4.39 Å². The van der Waals surface area contributed by atoms with Crippen LogP contribution in [0, 0.1) is 31.0 Å². The van der Waals surface area contributed by atoms with E-state index in [1.54, 1.807) is 36.0 Å². The third-order valence-electron chi connectivity index (χ3n) is 3.88. The molecule has 1 heterocycles. The first-order valence-corrected chi connectivity index (χ1v) is 8.51. The summed E-state index contributed by atoms with van der Waals surface area (Å²) in [6, 6.07) is 16.0. The molecule has 0 aliphatic carbocycles. The predicted octanol–water partition coefficient (Wildman–Crippen LogP) is 4.79. The number of aryl methyl sites for hydroxylation is 1. The van der Waals surface area contributed by atoms with Crippen molar-refractivity contribution in [2.75, 3.05) is 0 Å². The highest BCUT2D eigenvalue weighted by molar-refractivity contribution is 7.98. The molecule has 120 valence electrons. The van der Waals surface area contributed by atoms with Crippen LogP contribution in [0.5, 0.6) is 0 Å². The molecule has 2 aromatic carbocycles. The van der Waals surface area contributed by atoms with Gasteiger partial charge in [0.15, 0.2) is 0 Å². The Bertz CT molecular complexity index is 890. The smallest absolute Gasteiger partial charge is 0.123 e. The fourth-order valence-electron chi connectivity index (χ4n) is 2.50. The lowest BCUT2D eigenvalue weighted by Gasteiger charge is -2.06. The predicted molar refractivity (Wildman–Crippen MR) is 93.7 cm³/mol. The van der Waals surface area contributed by atoms with Crippen LogP contribution in [-0.2, 0) is 5.75 Å². The molecule has 0 saturated heterocycles. The van der Waals surface area contributed by atoms with E-state index in [-0.39, 0.29) is 5.82 Å². The minimum Gasteiger partial charge on any atom is -0.238 e. The van der Waals surface area contributed by atoms with Crippen molar-refractivity contribution in [3.63, 3.8) is 0 Å². The normalized spacial score (nSPS) is 10.6. The van der Waals surface area contributed by atoms with Gasteiger partial charge in [0.05, 0.1) is 23.0 Å². The maximum Gasteiger partial charge on any atom is 0.123 e. The Morgan fingerprint density at radius 3 is 2.38 bits per heavy atom. The number of halogens is 1. The first-order chi connectivity index (χ1) is 11.6. The molecule has 0 amide bonds. The van der Waals surface area contributed by atoms with Gasteiger partial charge in [-0.1, -0.05) is 0 Å². The Morgan fingerprint density at radius 1 is 1.08 bits per heavy atom. The maximum atomic E-state index is 13.0. The lowest BCUT2D eigenvalue weighted by atomic mass is 10.2. The van der Waals surface area contributed by atoms with Crippen molar-refractivity contribution >= 4 is 11.8 Å². The van der Waals surface area contributed by atoms with Crippen LogP contribution in [0.15, 0.2) is 53.4 Å². The Balaban J connectivity index is 1.83. The van der Waals surface area contributed by atoms with Crippen LogP contribution in [0.25, 0.3) is 5.69 Å². The number of rotatable bonds is 4. The molecule has 3 nitrogen and oxygen atoms in total. The summed E-state index contributed by atoms with van der Waals surface area (Å²) in [5.41, 5.74) is 4.80. The molecule has 0 saturated carbocycles. The zero-order chi connectivity index (χ0) is 17.1. The van der Waals surface area contributed by atoms with Crippen molar-refractivity contribution in [2.24, 2.45) is 0 Å². The number of nitrogens with zero attached hydrogens (tertiary/aromatic N) is 3.